The zero-order valence-corrected chi connectivity index (χ0v) is 20.3. The third-order valence-corrected chi connectivity index (χ3v) is 6.13. The highest BCUT2D eigenvalue weighted by molar-refractivity contribution is 5.84. The second-order valence-electron chi connectivity index (χ2n) is 9.02. The fourth-order valence-electron chi connectivity index (χ4n) is 4.54. The first-order valence-corrected chi connectivity index (χ1v) is 12.0. The number of carbonyl (C=O) groups excluding carboxylic acids is 1. The van der Waals surface area contributed by atoms with Crippen molar-refractivity contribution in [2.75, 3.05) is 45.3 Å². The van der Waals surface area contributed by atoms with Crippen LogP contribution >= 0.6 is 0 Å². The van der Waals surface area contributed by atoms with Gasteiger partial charge in [0.1, 0.15) is 18.5 Å². The fourth-order valence-corrected chi connectivity index (χ4v) is 4.54. The van der Waals surface area contributed by atoms with Crippen molar-refractivity contribution in [1.82, 2.24) is 19.5 Å². The SMILES string of the molecule is COCCOC1C[C@H]2COc3ccn4ncc(c4n3)-c3cc(cc(OC(C)C)c3)NCCN2C1=O. The lowest BCUT2D eigenvalue weighted by Gasteiger charge is -2.25. The van der Waals surface area contributed by atoms with Gasteiger partial charge < -0.3 is 29.2 Å². The van der Waals surface area contributed by atoms with E-state index in [2.05, 4.69) is 10.4 Å². The van der Waals surface area contributed by atoms with Crippen LogP contribution in [0.4, 0.5) is 5.69 Å². The van der Waals surface area contributed by atoms with E-state index in [1.165, 1.54) is 0 Å². The summed E-state index contributed by atoms with van der Waals surface area (Å²) in [6.45, 7) is 6.24. The van der Waals surface area contributed by atoms with Gasteiger partial charge in [0.05, 0.1) is 31.6 Å². The Labute approximate surface area is 204 Å². The molecular formula is C25H31N5O5. The molecule has 1 fully saturated rings. The normalized spacial score (nSPS) is 20.0. The molecule has 0 radical (unpaired) electrons. The minimum atomic E-state index is -0.499. The lowest BCUT2D eigenvalue weighted by Crippen LogP contribution is -2.41. The van der Waals surface area contributed by atoms with Crippen molar-refractivity contribution in [3.63, 3.8) is 0 Å². The molecule has 2 atom stereocenters. The average Bonchev–Trinajstić information content (AvgIpc) is 3.38. The third-order valence-electron chi connectivity index (χ3n) is 6.13. The van der Waals surface area contributed by atoms with Crippen molar-refractivity contribution in [1.29, 1.82) is 0 Å². The van der Waals surface area contributed by atoms with Crippen LogP contribution in [0.25, 0.3) is 16.8 Å². The molecule has 3 aromatic rings. The maximum absolute atomic E-state index is 13.1. The molecule has 2 aromatic heterocycles. The first kappa shape index (κ1) is 23.4. The van der Waals surface area contributed by atoms with Crippen LogP contribution in [0.15, 0.2) is 36.7 Å². The van der Waals surface area contributed by atoms with Crippen LogP contribution in [0.2, 0.25) is 0 Å². The molecule has 10 heteroatoms. The molecule has 186 valence electrons. The van der Waals surface area contributed by atoms with Crippen LogP contribution in [-0.4, -0.2) is 83.7 Å². The van der Waals surface area contributed by atoms with Gasteiger partial charge in [0.25, 0.3) is 5.91 Å². The number of nitrogens with one attached hydrogen (secondary N) is 1. The van der Waals surface area contributed by atoms with Crippen molar-refractivity contribution in [3.8, 4) is 22.8 Å². The monoisotopic (exact) mass is 481 g/mol. The summed E-state index contributed by atoms with van der Waals surface area (Å²) in [5, 5.41) is 7.92. The molecule has 0 saturated carbocycles. The van der Waals surface area contributed by atoms with Gasteiger partial charge in [-0.25, -0.2) is 4.52 Å². The van der Waals surface area contributed by atoms with Gasteiger partial charge in [-0.15, -0.1) is 0 Å². The first-order valence-electron chi connectivity index (χ1n) is 12.0. The van der Waals surface area contributed by atoms with Crippen LogP contribution in [-0.2, 0) is 14.3 Å². The number of hydrogen-bond acceptors (Lipinski definition) is 8. The lowest BCUT2D eigenvalue weighted by molar-refractivity contribution is -0.138. The van der Waals surface area contributed by atoms with E-state index < -0.39 is 6.10 Å². The van der Waals surface area contributed by atoms with Crippen molar-refractivity contribution < 1.29 is 23.7 Å². The predicted octanol–water partition coefficient (Wildman–Crippen LogP) is 2.62. The second-order valence-corrected chi connectivity index (χ2v) is 9.02. The van der Waals surface area contributed by atoms with Crippen molar-refractivity contribution >= 4 is 17.2 Å². The quantitative estimate of drug-likeness (QED) is 0.537. The summed E-state index contributed by atoms with van der Waals surface area (Å²) in [7, 11) is 1.61. The maximum Gasteiger partial charge on any atom is 0.252 e. The highest BCUT2D eigenvalue weighted by atomic mass is 16.5. The van der Waals surface area contributed by atoms with E-state index in [0.29, 0.717) is 50.9 Å². The molecule has 2 aliphatic rings. The largest absolute Gasteiger partial charge is 0.491 e. The molecule has 2 aliphatic heterocycles. The second kappa shape index (κ2) is 10.1. The Hall–Kier alpha value is -3.37. The van der Waals surface area contributed by atoms with Gasteiger partial charge in [-0.05, 0) is 31.5 Å². The van der Waals surface area contributed by atoms with E-state index >= 15 is 0 Å². The van der Waals surface area contributed by atoms with E-state index in [1.54, 1.807) is 23.9 Å². The Bertz CT molecular complexity index is 1200. The van der Waals surface area contributed by atoms with Gasteiger partial charge in [0.2, 0.25) is 5.88 Å². The molecule has 1 saturated heterocycles. The number of carbonyl (C=O) groups is 1. The Morgan fingerprint density at radius 1 is 1.26 bits per heavy atom. The molecule has 4 heterocycles. The third kappa shape index (κ3) is 5.03. The summed E-state index contributed by atoms with van der Waals surface area (Å²) >= 11 is 0. The standard InChI is InChI=1S/C25H31N5O5/c1-16(2)35-20-11-17-10-18(12-20)26-5-7-29-19(13-22(25(29)31)33-9-8-32-3)15-34-23-4-6-30-24(28-23)21(17)14-27-30/h4,6,10-12,14,16,19,22,26H,5,7-9,13,15H2,1-3H3/t19-,22?/m0/s1. The van der Waals surface area contributed by atoms with Crippen LogP contribution in [0.5, 0.6) is 11.6 Å². The summed E-state index contributed by atoms with van der Waals surface area (Å²) in [4.78, 5) is 19.7. The van der Waals surface area contributed by atoms with Crippen LogP contribution in [0.3, 0.4) is 0 Å². The van der Waals surface area contributed by atoms with E-state index in [4.69, 9.17) is 23.9 Å². The Balaban J connectivity index is 1.49. The Kier molecular flexibility index (Phi) is 6.74. The average molecular weight is 482 g/mol. The smallest absolute Gasteiger partial charge is 0.252 e. The van der Waals surface area contributed by atoms with E-state index in [1.807, 2.05) is 43.1 Å². The Morgan fingerprint density at radius 2 is 2.14 bits per heavy atom. The molecule has 1 unspecified atom stereocenters. The van der Waals surface area contributed by atoms with Crippen molar-refractivity contribution in [2.45, 2.75) is 38.5 Å². The number of fused-ring (bicyclic) bond motifs is 5. The zero-order chi connectivity index (χ0) is 24.4. The minimum absolute atomic E-state index is 0.0253. The van der Waals surface area contributed by atoms with Gasteiger partial charge in [-0.2, -0.15) is 10.1 Å². The maximum atomic E-state index is 13.1. The molecule has 0 aliphatic carbocycles. The number of hydrogen-bond donors (Lipinski definition) is 1. The first-order chi connectivity index (χ1) is 17.0. The molecule has 1 N–H and O–H groups in total. The summed E-state index contributed by atoms with van der Waals surface area (Å²) in [5.74, 6) is 1.21. The summed E-state index contributed by atoms with van der Waals surface area (Å²) in [6, 6.07) is 7.68. The molecule has 1 amide bonds. The summed E-state index contributed by atoms with van der Waals surface area (Å²) in [6.07, 6.45) is 3.72. The van der Waals surface area contributed by atoms with E-state index in [-0.39, 0.29) is 18.1 Å². The highest BCUT2D eigenvalue weighted by Crippen LogP contribution is 2.32. The number of nitrogens with zero attached hydrogens (tertiary/aromatic N) is 4. The van der Waals surface area contributed by atoms with Crippen molar-refractivity contribution in [2.24, 2.45) is 0 Å². The molecule has 10 nitrogen and oxygen atoms in total. The van der Waals surface area contributed by atoms with Gasteiger partial charge in [-0.1, -0.05) is 0 Å². The van der Waals surface area contributed by atoms with Gasteiger partial charge in [0, 0.05) is 56.2 Å². The summed E-state index contributed by atoms with van der Waals surface area (Å²) in [5.41, 5.74) is 3.41. The zero-order valence-electron chi connectivity index (χ0n) is 20.3. The van der Waals surface area contributed by atoms with Gasteiger partial charge in [-0.3, -0.25) is 4.79 Å². The number of aromatic nitrogens is 3. The summed E-state index contributed by atoms with van der Waals surface area (Å²) < 4.78 is 24.7. The predicted molar refractivity (Wildman–Crippen MR) is 130 cm³/mol. The molecule has 1 aromatic carbocycles. The number of anilines is 1. The molecule has 0 spiro atoms. The fraction of sp³-hybridized carbons (Fsp3) is 0.480. The van der Waals surface area contributed by atoms with Crippen LogP contribution < -0.4 is 14.8 Å². The van der Waals surface area contributed by atoms with Crippen LogP contribution in [0.1, 0.15) is 20.3 Å². The van der Waals surface area contributed by atoms with Gasteiger partial charge in [0.15, 0.2) is 5.65 Å². The Morgan fingerprint density at radius 3 is 2.97 bits per heavy atom. The number of methoxy groups -OCH3 is 1. The number of amides is 1. The molecular weight excluding hydrogens is 450 g/mol. The highest BCUT2D eigenvalue weighted by Gasteiger charge is 2.40. The van der Waals surface area contributed by atoms with E-state index in [9.17, 15) is 4.79 Å². The van der Waals surface area contributed by atoms with Gasteiger partial charge >= 0.3 is 0 Å². The number of benzene rings is 1. The number of rotatable bonds is 6. The number of ether oxygens (including phenoxy) is 4. The molecule has 5 rings (SSSR count). The topological polar surface area (TPSA) is 99.4 Å². The van der Waals surface area contributed by atoms with Crippen molar-refractivity contribution in [3.05, 3.63) is 36.7 Å². The lowest BCUT2D eigenvalue weighted by atomic mass is 10.1. The molecule has 4 bridgehead atoms. The minimum Gasteiger partial charge on any atom is -0.491 e. The van der Waals surface area contributed by atoms with E-state index in [0.717, 1.165) is 22.6 Å². The van der Waals surface area contributed by atoms with Crippen LogP contribution in [0, 0.1) is 0 Å². The molecule has 35 heavy (non-hydrogen) atoms.